The molecule has 0 spiro atoms. The van der Waals surface area contributed by atoms with Gasteiger partial charge >= 0.3 is 0 Å². The molecule has 0 aromatic heterocycles. The Morgan fingerprint density at radius 2 is 2.00 bits per heavy atom. The molecule has 1 atom stereocenters. The molecule has 2 rings (SSSR count). The minimum absolute atomic E-state index is 0.312. The summed E-state index contributed by atoms with van der Waals surface area (Å²) in [5, 5.41) is 3.76. The van der Waals surface area contributed by atoms with E-state index in [1.54, 1.807) is 12.7 Å². The first-order valence-corrected chi connectivity index (χ1v) is 7.40. The summed E-state index contributed by atoms with van der Waals surface area (Å²) in [7, 11) is 1.78. The molecule has 0 saturated carbocycles. The van der Waals surface area contributed by atoms with Crippen molar-refractivity contribution in [1.82, 2.24) is 5.32 Å². The minimum Gasteiger partial charge on any atom is -0.385 e. The summed E-state index contributed by atoms with van der Waals surface area (Å²) in [4.78, 5) is 0. The van der Waals surface area contributed by atoms with Crippen molar-refractivity contribution < 1.29 is 4.74 Å². The Kier molecular flexibility index (Phi) is 5.00. The maximum atomic E-state index is 5.19. The van der Waals surface area contributed by atoms with Gasteiger partial charge in [-0.25, -0.2) is 0 Å². The summed E-state index contributed by atoms with van der Waals surface area (Å²) in [5.41, 5.74) is 3.38. The van der Waals surface area contributed by atoms with Crippen molar-refractivity contribution >= 4 is 0 Å². The summed E-state index contributed by atoms with van der Waals surface area (Å²) in [6.07, 6.45) is 4.76. The average molecular weight is 261 g/mol. The maximum Gasteiger partial charge on any atom is 0.0467 e. The van der Waals surface area contributed by atoms with Gasteiger partial charge in [0.05, 0.1) is 0 Å². The van der Waals surface area contributed by atoms with Crippen LogP contribution in [0.15, 0.2) is 24.3 Å². The fourth-order valence-electron chi connectivity index (χ4n) is 2.76. The molecule has 0 radical (unpaired) electrons. The summed E-state index contributed by atoms with van der Waals surface area (Å²) in [5.74, 6) is 0. The Morgan fingerprint density at radius 3 is 2.74 bits per heavy atom. The Labute approximate surface area is 117 Å². The lowest BCUT2D eigenvalue weighted by Crippen LogP contribution is -2.40. The highest BCUT2D eigenvalue weighted by Gasteiger charge is 2.22. The summed E-state index contributed by atoms with van der Waals surface area (Å²) in [6, 6.07) is 9.49. The monoisotopic (exact) mass is 261 g/mol. The fourth-order valence-corrected chi connectivity index (χ4v) is 2.76. The highest BCUT2D eigenvalue weighted by molar-refractivity contribution is 5.30. The van der Waals surface area contributed by atoms with Crippen LogP contribution in [0.2, 0.25) is 0 Å². The average Bonchev–Trinajstić information content (AvgIpc) is 2.43. The molecule has 1 aliphatic rings. The second kappa shape index (κ2) is 6.53. The maximum absolute atomic E-state index is 5.19. The van der Waals surface area contributed by atoms with Crippen molar-refractivity contribution in [2.75, 3.05) is 20.3 Å². The Bertz CT molecular complexity index is 400. The van der Waals surface area contributed by atoms with Gasteiger partial charge in [-0.3, -0.25) is 0 Å². The van der Waals surface area contributed by atoms with Gasteiger partial charge < -0.3 is 10.1 Å². The van der Waals surface area contributed by atoms with Gasteiger partial charge in [0.1, 0.15) is 0 Å². The molecule has 2 heteroatoms. The molecule has 0 fully saturated rings. The van der Waals surface area contributed by atoms with Crippen molar-refractivity contribution in [3.8, 4) is 0 Å². The van der Waals surface area contributed by atoms with E-state index in [9.17, 15) is 0 Å². The highest BCUT2D eigenvalue weighted by atomic mass is 16.5. The van der Waals surface area contributed by atoms with Gasteiger partial charge in [-0.2, -0.15) is 0 Å². The molecule has 106 valence electrons. The first kappa shape index (κ1) is 14.5. The first-order valence-electron chi connectivity index (χ1n) is 7.40. The van der Waals surface area contributed by atoms with Gasteiger partial charge in [0.15, 0.2) is 0 Å². The van der Waals surface area contributed by atoms with E-state index in [1.807, 2.05) is 0 Å². The number of ether oxygens (including phenoxy) is 1. The number of nitrogens with one attached hydrogen (secondary N) is 1. The molecule has 0 saturated heterocycles. The number of benzene rings is 1. The fraction of sp³-hybridized carbons (Fsp3) is 0.647. The summed E-state index contributed by atoms with van der Waals surface area (Å²) in [6.45, 7) is 6.55. The summed E-state index contributed by atoms with van der Waals surface area (Å²) < 4.78 is 5.19. The SMILES string of the molecule is COCCC(C)(C)CNC1CCc2ccccc2C1. The van der Waals surface area contributed by atoms with Crippen molar-refractivity contribution in [2.45, 2.75) is 45.6 Å². The molecule has 1 unspecified atom stereocenters. The van der Waals surface area contributed by atoms with Crippen LogP contribution in [0.25, 0.3) is 0 Å². The Balaban J connectivity index is 1.82. The van der Waals surface area contributed by atoms with Crippen molar-refractivity contribution in [1.29, 1.82) is 0 Å². The number of aryl methyl sites for hydroxylation is 1. The molecule has 1 N–H and O–H groups in total. The molecule has 1 aromatic carbocycles. The third-order valence-corrected chi connectivity index (χ3v) is 4.20. The van der Waals surface area contributed by atoms with Crippen LogP contribution in [0.3, 0.4) is 0 Å². The van der Waals surface area contributed by atoms with E-state index >= 15 is 0 Å². The highest BCUT2D eigenvalue weighted by Crippen LogP contribution is 2.23. The molecular formula is C17H27NO. The zero-order chi connectivity index (χ0) is 13.7. The van der Waals surface area contributed by atoms with E-state index in [0.29, 0.717) is 11.5 Å². The lowest BCUT2D eigenvalue weighted by molar-refractivity contribution is 0.148. The third-order valence-electron chi connectivity index (χ3n) is 4.20. The van der Waals surface area contributed by atoms with Crippen LogP contribution in [0, 0.1) is 5.41 Å². The molecule has 19 heavy (non-hydrogen) atoms. The standard InChI is InChI=1S/C17H27NO/c1-17(2,10-11-19-3)13-18-16-9-8-14-6-4-5-7-15(14)12-16/h4-7,16,18H,8-13H2,1-3H3. The topological polar surface area (TPSA) is 21.3 Å². The molecule has 1 aliphatic carbocycles. The van der Waals surface area contributed by atoms with Crippen LogP contribution in [-0.4, -0.2) is 26.3 Å². The van der Waals surface area contributed by atoms with E-state index in [2.05, 4.69) is 43.4 Å². The van der Waals surface area contributed by atoms with Gasteiger partial charge in [-0.1, -0.05) is 38.1 Å². The lowest BCUT2D eigenvalue weighted by atomic mass is 9.86. The molecule has 1 aromatic rings. The molecular weight excluding hydrogens is 234 g/mol. The zero-order valence-corrected chi connectivity index (χ0v) is 12.5. The van der Waals surface area contributed by atoms with Gasteiger partial charge in [-0.05, 0) is 42.2 Å². The van der Waals surface area contributed by atoms with Gasteiger partial charge in [0.25, 0.3) is 0 Å². The second-order valence-electron chi connectivity index (χ2n) is 6.50. The van der Waals surface area contributed by atoms with E-state index in [0.717, 1.165) is 19.6 Å². The van der Waals surface area contributed by atoms with Crippen LogP contribution in [-0.2, 0) is 17.6 Å². The number of rotatable bonds is 6. The van der Waals surface area contributed by atoms with Crippen LogP contribution < -0.4 is 5.32 Å². The largest absolute Gasteiger partial charge is 0.385 e. The van der Waals surface area contributed by atoms with E-state index in [1.165, 1.54) is 24.8 Å². The van der Waals surface area contributed by atoms with Crippen LogP contribution in [0.1, 0.15) is 37.8 Å². The smallest absolute Gasteiger partial charge is 0.0467 e. The van der Waals surface area contributed by atoms with Gasteiger partial charge in [0.2, 0.25) is 0 Å². The summed E-state index contributed by atoms with van der Waals surface area (Å²) >= 11 is 0. The predicted molar refractivity (Wildman–Crippen MR) is 80.5 cm³/mol. The Hall–Kier alpha value is -0.860. The van der Waals surface area contributed by atoms with Crippen molar-refractivity contribution in [3.63, 3.8) is 0 Å². The van der Waals surface area contributed by atoms with Crippen molar-refractivity contribution in [2.24, 2.45) is 5.41 Å². The molecule has 0 heterocycles. The van der Waals surface area contributed by atoms with Gasteiger partial charge in [0, 0.05) is 26.3 Å². The van der Waals surface area contributed by atoms with E-state index in [4.69, 9.17) is 4.74 Å². The van der Waals surface area contributed by atoms with E-state index < -0.39 is 0 Å². The molecule has 0 bridgehead atoms. The predicted octanol–water partition coefficient (Wildman–Crippen LogP) is 3.20. The molecule has 2 nitrogen and oxygen atoms in total. The second-order valence-corrected chi connectivity index (χ2v) is 6.50. The number of fused-ring (bicyclic) bond motifs is 1. The quantitative estimate of drug-likeness (QED) is 0.849. The van der Waals surface area contributed by atoms with Crippen molar-refractivity contribution in [3.05, 3.63) is 35.4 Å². The molecule has 0 aliphatic heterocycles. The van der Waals surface area contributed by atoms with Crippen LogP contribution >= 0.6 is 0 Å². The van der Waals surface area contributed by atoms with Crippen LogP contribution in [0.4, 0.5) is 0 Å². The number of hydrogen-bond acceptors (Lipinski definition) is 2. The minimum atomic E-state index is 0.312. The van der Waals surface area contributed by atoms with E-state index in [-0.39, 0.29) is 0 Å². The van der Waals surface area contributed by atoms with Crippen LogP contribution in [0.5, 0.6) is 0 Å². The zero-order valence-electron chi connectivity index (χ0n) is 12.5. The number of methoxy groups -OCH3 is 1. The van der Waals surface area contributed by atoms with Gasteiger partial charge in [-0.15, -0.1) is 0 Å². The third kappa shape index (κ3) is 4.32. The Morgan fingerprint density at radius 1 is 1.26 bits per heavy atom. The normalized spacial score (nSPS) is 19.2. The lowest BCUT2D eigenvalue weighted by Gasteiger charge is -2.31. The molecule has 0 amide bonds. The first-order chi connectivity index (χ1) is 9.11. The number of hydrogen-bond donors (Lipinski definition) is 1.